The minimum Gasteiger partial charge on any atom is -0.493 e. The number of hydrogen-bond donors (Lipinski definition) is 2. The molecule has 0 aliphatic heterocycles. The average molecular weight is 464 g/mol. The number of rotatable bonds is 10. The van der Waals surface area contributed by atoms with Crippen molar-refractivity contribution in [3.63, 3.8) is 0 Å². The standard InChI is InChI=1S/C27H37N5O2/c1-32(2)26-22-9-5-6-10-23(22)30-27(31-26)29-21-14-12-19(13-15-21)16-17-28-18-20-8-7-11-24(33-3)25(20)34-4/h5-11,19,21,28H,12-18H2,1-4H3,(H,29,30,31)/t19-,21+. The third-order valence-electron chi connectivity index (χ3n) is 6.72. The molecular weight excluding hydrogens is 426 g/mol. The molecule has 3 aromatic rings. The molecule has 0 atom stereocenters. The van der Waals surface area contributed by atoms with Gasteiger partial charge in [-0.3, -0.25) is 0 Å². The Morgan fingerprint density at radius 2 is 1.74 bits per heavy atom. The van der Waals surface area contributed by atoms with Crippen molar-refractivity contribution >= 4 is 22.7 Å². The Bertz CT molecular complexity index is 1080. The van der Waals surface area contributed by atoms with Gasteiger partial charge < -0.3 is 25.0 Å². The molecule has 0 amide bonds. The normalized spacial score (nSPS) is 18.0. The average Bonchev–Trinajstić information content (AvgIpc) is 2.86. The second kappa shape index (κ2) is 11.4. The van der Waals surface area contributed by atoms with E-state index in [-0.39, 0.29) is 0 Å². The lowest BCUT2D eigenvalue weighted by Crippen LogP contribution is -2.28. The number of nitrogens with one attached hydrogen (secondary N) is 2. The van der Waals surface area contributed by atoms with Gasteiger partial charge >= 0.3 is 0 Å². The Kier molecular flexibility index (Phi) is 8.06. The molecule has 1 saturated carbocycles. The first-order chi connectivity index (χ1) is 16.6. The molecule has 7 nitrogen and oxygen atoms in total. The molecule has 34 heavy (non-hydrogen) atoms. The summed E-state index contributed by atoms with van der Waals surface area (Å²) in [7, 11) is 7.43. The summed E-state index contributed by atoms with van der Waals surface area (Å²) in [5.41, 5.74) is 2.11. The Morgan fingerprint density at radius 1 is 0.941 bits per heavy atom. The van der Waals surface area contributed by atoms with Gasteiger partial charge in [-0.1, -0.05) is 24.3 Å². The van der Waals surface area contributed by atoms with Gasteiger partial charge in [0.2, 0.25) is 5.95 Å². The fourth-order valence-electron chi connectivity index (χ4n) is 4.87. The van der Waals surface area contributed by atoms with Gasteiger partial charge in [0.1, 0.15) is 5.82 Å². The number of fused-ring (bicyclic) bond motifs is 1. The van der Waals surface area contributed by atoms with E-state index in [1.54, 1.807) is 14.2 Å². The van der Waals surface area contributed by atoms with Crippen LogP contribution in [0.1, 0.15) is 37.7 Å². The molecule has 4 rings (SSSR count). The van der Waals surface area contributed by atoms with Crippen LogP contribution in [0.3, 0.4) is 0 Å². The zero-order chi connectivity index (χ0) is 23.9. The molecule has 1 aliphatic rings. The van der Waals surface area contributed by atoms with Crippen molar-refractivity contribution in [2.75, 3.05) is 45.1 Å². The lowest BCUT2D eigenvalue weighted by molar-refractivity contribution is 0.315. The number of nitrogens with zero attached hydrogens (tertiary/aromatic N) is 3. The third kappa shape index (κ3) is 5.70. The summed E-state index contributed by atoms with van der Waals surface area (Å²) in [6.45, 7) is 1.79. The van der Waals surface area contributed by atoms with Gasteiger partial charge in [-0.15, -0.1) is 0 Å². The lowest BCUT2D eigenvalue weighted by Gasteiger charge is -2.29. The Labute approximate surface area is 202 Å². The van der Waals surface area contributed by atoms with Crippen LogP contribution in [-0.2, 0) is 6.54 Å². The van der Waals surface area contributed by atoms with Crippen LogP contribution in [-0.4, -0.2) is 50.9 Å². The minimum absolute atomic E-state index is 0.432. The molecule has 0 radical (unpaired) electrons. The van der Waals surface area contributed by atoms with Gasteiger partial charge in [0, 0.05) is 37.6 Å². The molecule has 0 bridgehead atoms. The first-order valence-electron chi connectivity index (χ1n) is 12.2. The molecule has 7 heteroatoms. The molecule has 1 heterocycles. The monoisotopic (exact) mass is 463 g/mol. The van der Waals surface area contributed by atoms with E-state index in [9.17, 15) is 0 Å². The fraction of sp³-hybridized carbons (Fsp3) is 0.481. The molecular formula is C27H37N5O2. The summed E-state index contributed by atoms with van der Waals surface area (Å²) in [6.07, 6.45) is 5.96. The largest absolute Gasteiger partial charge is 0.493 e. The van der Waals surface area contributed by atoms with Crippen molar-refractivity contribution in [3.8, 4) is 11.5 Å². The highest BCUT2D eigenvalue weighted by molar-refractivity contribution is 5.90. The summed E-state index contributed by atoms with van der Waals surface area (Å²) in [5.74, 6) is 4.05. The highest BCUT2D eigenvalue weighted by Crippen LogP contribution is 2.31. The highest BCUT2D eigenvalue weighted by Gasteiger charge is 2.22. The maximum atomic E-state index is 5.53. The molecule has 1 aromatic heterocycles. The predicted octanol–water partition coefficient (Wildman–Crippen LogP) is 4.86. The number of benzene rings is 2. The molecule has 2 N–H and O–H groups in total. The molecule has 2 aromatic carbocycles. The zero-order valence-corrected chi connectivity index (χ0v) is 20.8. The van der Waals surface area contributed by atoms with Crippen molar-refractivity contribution in [1.29, 1.82) is 0 Å². The lowest BCUT2D eigenvalue weighted by atomic mass is 9.84. The zero-order valence-electron chi connectivity index (χ0n) is 20.8. The van der Waals surface area contributed by atoms with Crippen molar-refractivity contribution in [2.24, 2.45) is 5.92 Å². The Morgan fingerprint density at radius 3 is 2.47 bits per heavy atom. The topological polar surface area (TPSA) is 71.5 Å². The van der Waals surface area contributed by atoms with Gasteiger partial charge in [-0.2, -0.15) is 4.98 Å². The van der Waals surface area contributed by atoms with Crippen LogP contribution in [0.25, 0.3) is 10.9 Å². The van der Waals surface area contributed by atoms with Crippen LogP contribution in [0, 0.1) is 5.92 Å². The van der Waals surface area contributed by atoms with Gasteiger partial charge in [-0.05, 0) is 62.8 Å². The number of methoxy groups -OCH3 is 2. The van der Waals surface area contributed by atoms with Crippen LogP contribution in [0.4, 0.5) is 11.8 Å². The van der Waals surface area contributed by atoms with Crippen molar-refractivity contribution in [3.05, 3.63) is 48.0 Å². The quantitative estimate of drug-likeness (QED) is 0.416. The number of para-hydroxylation sites is 2. The summed E-state index contributed by atoms with van der Waals surface area (Å²) >= 11 is 0. The molecule has 0 spiro atoms. The number of aromatic nitrogens is 2. The van der Waals surface area contributed by atoms with E-state index in [0.29, 0.717) is 6.04 Å². The van der Waals surface area contributed by atoms with Crippen LogP contribution in [0.5, 0.6) is 11.5 Å². The van der Waals surface area contributed by atoms with Crippen LogP contribution >= 0.6 is 0 Å². The summed E-state index contributed by atoms with van der Waals surface area (Å²) < 4.78 is 10.9. The number of hydrogen-bond acceptors (Lipinski definition) is 7. The van der Waals surface area contributed by atoms with Gasteiger partial charge in [-0.25, -0.2) is 4.98 Å². The summed E-state index contributed by atoms with van der Waals surface area (Å²) in [6, 6.07) is 14.7. The molecule has 0 unspecified atom stereocenters. The van der Waals surface area contributed by atoms with E-state index in [4.69, 9.17) is 19.4 Å². The van der Waals surface area contributed by atoms with E-state index in [1.807, 2.05) is 38.4 Å². The van der Waals surface area contributed by atoms with Crippen LogP contribution < -0.4 is 25.0 Å². The summed E-state index contributed by atoms with van der Waals surface area (Å²) in [5, 5.41) is 8.28. The van der Waals surface area contributed by atoms with Crippen molar-refractivity contribution < 1.29 is 9.47 Å². The van der Waals surface area contributed by atoms with Gasteiger partial charge in [0.15, 0.2) is 11.5 Å². The second-order valence-corrected chi connectivity index (χ2v) is 9.26. The van der Waals surface area contributed by atoms with Crippen molar-refractivity contribution in [2.45, 2.75) is 44.7 Å². The smallest absolute Gasteiger partial charge is 0.225 e. The molecule has 1 fully saturated rings. The predicted molar refractivity (Wildman–Crippen MR) is 139 cm³/mol. The first-order valence-corrected chi connectivity index (χ1v) is 12.2. The Balaban J connectivity index is 1.25. The van der Waals surface area contributed by atoms with E-state index in [0.717, 1.165) is 71.6 Å². The highest BCUT2D eigenvalue weighted by atomic mass is 16.5. The molecule has 182 valence electrons. The maximum absolute atomic E-state index is 5.53. The molecule has 0 saturated heterocycles. The second-order valence-electron chi connectivity index (χ2n) is 9.26. The van der Waals surface area contributed by atoms with Crippen molar-refractivity contribution in [1.82, 2.24) is 15.3 Å². The van der Waals surface area contributed by atoms with E-state index < -0.39 is 0 Å². The van der Waals surface area contributed by atoms with Gasteiger partial charge in [0.05, 0.1) is 19.7 Å². The minimum atomic E-state index is 0.432. The molecule has 1 aliphatic carbocycles. The summed E-state index contributed by atoms with van der Waals surface area (Å²) in [4.78, 5) is 11.6. The van der Waals surface area contributed by atoms with E-state index in [1.165, 1.54) is 19.3 Å². The number of ether oxygens (including phenoxy) is 2. The maximum Gasteiger partial charge on any atom is 0.225 e. The third-order valence-corrected chi connectivity index (χ3v) is 6.72. The van der Waals surface area contributed by atoms with E-state index in [2.05, 4.69) is 33.7 Å². The Hall–Kier alpha value is -3.06. The SMILES string of the molecule is COc1cccc(CNCC[C@H]2CC[C@@H](Nc3nc(N(C)C)c4ccccc4n3)CC2)c1OC. The van der Waals surface area contributed by atoms with Gasteiger partial charge in [0.25, 0.3) is 0 Å². The van der Waals surface area contributed by atoms with Crippen LogP contribution in [0.15, 0.2) is 42.5 Å². The number of anilines is 2. The van der Waals surface area contributed by atoms with E-state index >= 15 is 0 Å². The fourth-order valence-corrected chi connectivity index (χ4v) is 4.87. The first kappa shape index (κ1) is 24.1. The van der Waals surface area contributed by atoms with Crippen LogP contribution in [0.2, 0.25) is 0 Å².